The molecule has 0 bridgehead atoms. The molecule has 2 aromatic carbocycles. The minimum Gasteiger partial charge on any atom is -0.339 e. The van der Waals surface area contributed by atoms with Crippen molar-refractivity contribution in [3.8, 4) is 0 Å². The number of amides is 2. The van der Waals surface area contributed by atoms with Gasteiger partial charge in [0.2, 0.25) is 5.91 Å². The van der Waals surface area contributed by atoms with Crippen LogP contribution < -0.4 is 5.32 Å². The fraction of sp³-hybridized carbons (Fsp3) is 0.263. The fourth-order valence-corrected chi connectivity index (χ4v) is 3.27. The number of carbonyl (C=O) groups excluding carboxylic acids is 2. The second-order valence-corrected chi connectivity index (χ2v) is 6.75. The molecule has 8 heteroatoms. The van der Waals surface area contributed by atoms with Gasteiger partial charge in [-0.3, -0.25) is 19.7 Å². The lowest BCUT2D eigenvalue weighted by molar-refractivity contribution is -0.384. The van der Waals surface area contributed by atoms with Crippen molar-refractivity contribution in [3.63, 3.8) is 0 Å². The van der Waals surface area contributed by atoms with E-state index in [0.29, 0.717) is 25.9 Å². The third-order valence-electron chi connectivity index (χ3n) is 4.58. The van der Waals surface area contributed by atoms with Crippen LogP contribution in [0.25, 0.3) is 0 Å². The van der Waals surface area contributed by atoms with Crippen LogP contribution in [0.15, 0.2) is 48.5 Å². The normalized spacial score (nSPS) is 14.6. The van der Waals surface area contributed by atoms with E-state index in [1.165, 1.54) is 18.2 Å². The Kier molecular flexibility index (Phi) is 5.71. The Balaban J connectivity index is 1.60. The Morgan fingerprint density at radius 3 is 2.41 bits per heavy atom. The van der Waals surface area contributed by atoms with Gasteiger partial charge in [0.15, 0.2) is 0 Å². The molecule has 1 fully saturated rings. The Morgan fingerprint density at radius 1 is 1.11 bits per heavy atom. The minimum atomic E-state index is -0.612. The van der Waals surface area contributed by atoms with Crippen molar-refractivity contribution in [2.45, 2.75) is 12.8 Å². The van der Waals surface area contributed by atoms with Gasteiger partial charge in [-0.05, 0) is 37.1 Å². The topological polar surface area (TPSA) is 92.6 Å². The average molecular weight is 388 g/mol. The summed E-state index contributed by atoms with van der Waals surface area (Å²) in [7, 11) is 0. The smallest absolute Gasteiger partial charge is 0.288 e. The highest BCUT2D eigenvalue weighted by atomic mass is 35.5. The predicted octanol–water partition coefficient (Wildman–Crippen LogP) is 3.74. The van der Waals surface area contributed by atoms with E-state index in [1.54, 1.807) is 4.90 Å². The van der Waals surface area contributed by atoms with Crippen LogP contribution in [0.1, 0.15) is 23.2 Å². The van der Waals surface area contributed by atoms with Crippen molar-refractivity contribution in [3.05, 3.63) is 69.2 Å². The molecular formula is C19H18ClN3O4. The van der Waals surface area contributed by atoms with Crippen LogP contribution in [0.3, 0.4) is 0 Å². The molecule has 0 saturated carbocycles. The molecule has 0 atom stereocenters. The number of anilines is 1. The molecule has 3 rings (SSSR count). The lowest BCUT2D eigenvalue weighted by atomic mass is 9.95. The van der Waals surface area contributed by atoms with Crippen LogP contribution in [0.2, 0.25) is 5.02 Å². The zero-order valence-electron chi connectivity index (χ0n) is 14.4. The van der Waals surface area contributed by atoms with Crippen molar-refractivity contribution >= 4 is 34.8 Å². The van der Waals surface area contributed by atoms with E-state index in [-0.39, 0.29) is 34.0 Å². The van der Waals surface area contributed by atoms with Gasteiger partial charge in [-0.15, -0.1) is 0 Å². The van der Waals surface area contributed by atoms with Gasteiger partial charge in [0.1, 0.15) is 5.02 Å². The maximum atomic E-state index is 12.6. The van der Waals surface area contributed by atoms with Gasteiger partial charge in [0.25, 0.3) is 11.6 Å². The van der Waals surface area contributed by atoms with Crippen LogP contribution in [-0.2, 0) is 4.79 Å². The number of benzene rings is 2. The molecule has 2 aromatic rings. The number of nitrogens with zero attached hydrogens (tertiary/aromatic N) is 2. The van der Waals surface area contributed by atoms with Gasteiger partial charge in [-0.2, -0.15) is 0 Å². The number of para-hydroxylation sites is 1. The van der Waals surface area contributed by atoms with Gasteiger partial charge in [-0.1, -0.05) is 29.8 Å². The summed E-state index contributed by atoms with van der Waals surface area (Å²) in [6, 6.07) is 13.2. The zero-order chi connectivity index (χ0) is 19.4. The molecule has 0 aromatic heterocycles. The standard InChI is InChI=1S/C19H18ClN3O4/c20-16-7-6-14(12-17(16)23(26)27)19(25)22-10-8-13(9-11-22)18(24)21-15-4-2-1-3-5-15/h1-7,12-13H,8-11H2,(H,21,24). The van der Waals surface area contributed by atoms with Gasteiger partial charge in [-0.25, -0.2) is 0 Å². The van der Waals surface area contributed by atoms with E-state index in [2.05, 4.69) is 5.32 Å². The largest absolute Gasteiger partial charge is 0.339 e. The quantitative estimate of drug-likeness (QED) is 0.638. The molecule has 2 amide bonds. The molecule has 1 saturated heterocycles. The van der Waals surface area contributed by atoms with Crippen molar-refractivity contribution in [2.24, 2.45) is 5.92 Å². The number of carbonyl (C=O) groups is 2. The van der Waals surface area contributed by atoms with Crippen molar-refractivity contribution < 1.29 is 14.5 Å². The highest BCUT2D eigenvalue weighted by Gasteiger charge is 2.28. The molecule has 1 N–H and O–H groups in total. The Hall–Kier alpha value is -2.93. The summed E-state index contributed by atoms with van der Waals surface area (Å²) in [4.78, 5) is 37.0. The maximum absolute atomic E-state index is 12.6. The van der Waals surface area contributed by atoms with Crippen LogP contribution >= 0.6 is 11.6 Å². The van der Waals surface area contributed by atoms with E-state index >= 15 is 0 Å². The van der Waals surface area contributed by atoms with Gasteiger partial charge in [0, 0.05) is 36.3 Å². The number of hydrogen-bond acceptors (Lipinski definition) is 4. The SMILES string of the molecule is O=C(Nc1ccccc1)C1CCN(C(=O)c2ccc(Cl)c([N+](=O)[O-])c2)CC1. The zero-order valence-corrected chi connectivity index (χ0v) is 15.2. The second-order valence-electron chi connectivity index (χ2n) is 6.35. The van der Waals surface area contributed by atoms with E-state index in [1.807, 2.05) is 30.3 Å². The summed E-state index contributed by atoms with van der Waals surface area (Å²) in [5.41, 5.74) is 0.674. The van der Waals surface area contributed by atoms with E-state index in [4.69, 9.17) is 11.6 Å². The van der Waals surface area contributed by atoms with Crippen LogP contribution in [0, 0.1) is 16.0 Å². The number of nitro benzene ring substituents is 1. The third-order valence-corrected chi connectivity index (χ3v) is 4.90. The first-order chi connectivity index (χ1) is 13.0. The summed E-state index contributed by atoms with van der Waals surface area (Å²) in [6.07, 6.45) is 1.08. The van der Waals surface area contributed by atoms with Gasteiger partial charge < -0.3 is 10.2 Å². The van der Waals surface area contributed by atoms with E-state index in [0.717, 1.165) is 5.69 Å². The van der Waals surface area contributed by atoms with Crippen molar-refractivity contribution in [1.29, 1.82) is 0 Å². The number of nitro groups is 1. The molecular weight excluding hydrogens is 370 g/mol. The number of likely N-dealkylation sites (tertiary alicyclic amines) is 1. The first-order valence-electron chi connectivity index (χ1n) is 8.55. The predicted molar refractivity (Wildman–Crippen MR) is 102 cm³/mol. The van der Waals surface area contributed by atoms with E-state index < -0.39 is 4.92 Å². The summed E-state index contributed by atoms with van der Waals surface area (Å²) in [6.45, 7) is 0.838. The third kappa shape index (κ3) is 4.43. The average Bonchev–Trinajstić information content (AvgIpc) is 2.68. The number of hydrogen-bond donors (Lipinski definition) is 1. The van der Waals surface area contributed by atoms with Crippen LogP contribution in [0.5, 0.6) is 0 Å². The van der Waals surface area contributed by atoms with Crippen LogP contribution in [0.4, 0.5) is 11.4 Å². The molecule has 1 heterocycles. The van der Waals surface area contributed by atoms with Gasteiger partial charge in [0.05, 0.1) is 4.92 Å². The second kappa shape index (κ2) is 8.18. The Bertz CT molecular complexity index is 865. The number of nitrogens with one attached hydrogen (secondary N) is 1. The molecule has 0 spiro atoms. The lowest BCUT2D eigenvalue weighted by Gasteiger charge is -2.31. The van der Waals surface area contributed by atoms with Crippen molar-refractivity contribution in [1.82, 2.24) is 4.90 Å². The monoisotopic (exact) mass is 387 g/mol. The Morgan fingerprint density at radius 2 is 1.78 bits per heavy atom. The molecule has 0 radical (unpaired) electrons. The minimum absolute atomic E-state index is 0.00663. The summed E-state index contributed by atoms with van der Waals surface area (Å²) in [5, 5.41) is 13.9. The number of halogens is 1. The highest BCUT2D eigenvalue weighted by molar-refractivity contribution is 6.32. The van der Waals surface area contributed by atoms with E-state index in [9.17, 15) is 19.7 Å². The molecule has 1 aliphatic heterocycles. The summed E-state index contributed by atoms with van der Waals surface area (Å²) < 4.78 is 0. The van der Waals surface area contributed by atoms with Crippen LogP contribution in [-0.4, -0.2) is 34.7 Å². The number of piperidine rings is 1. The molecule has 27 heavy (non-hydrogen) atoms. The lowest BCUT2D eigenvalue weighted by Crippen LogP contribution is -2.41. The maximum Gasteiger partial charge on any atom is 0.288 e. The summed E-state index contributed by atoms with van der Waals surface area (Å²) in [5.74, 6) is -0.527. The highest BCUT2D eigenvalue weighted by Crippen LogP contribution is 2.27. The molecule has 0 unspecified atom stereocenters. The van der Waals surface area contributed by atoms with Gasteiger partial charge >= 0.3 is 0 Å². The molecule has 140 valence electrons. The Labute approximate surface area is 161 Å². The number of rotatable bonds is 4. The molecule has 7 nitrogen and oxygen atoms in total. The molecule has 0 aliphatic carbocycles. The van der Waals surface area contributed by atoms with Crippen molar-refractivity contribution in [2.75, 3.05) is 18.4 Å². The first-order valence-corrected chi connectivity index (χ1v) is 8.92. The first kappa shape index (κ1) is 18.8. The fourth-order valence-electron chi connectivity index (χ4n) is 3.08. The summed E-state index contributed by atoms with van der Waals surface area (Å²) >= 11 is 5.79. The molecule has 1 aliphatic rings.